The third kappa shape index (κ3) is 8.67. The van der Waals surface area contributed by atoms with Crippen LogP contribution >= 0.6 is 0 Å². The Balaban J connectivity index is 0.000000863. The molecule has 318 valence electrons. The Bertz CT molecular complexity index is 2920. The van der Waals surface area contributed by atoms with Crippen molar-refractivity contribution in [2.24, 2.45) is 0 Å². The number of fused-ring (bicyclic) bond motifs is 3. The van der Waals surface area contributed by atoms with Crippen molar-refractivity contribution in [1.82, 2.24) is 0 Å². The van der Waals surface area contributed by atoms with E-state index in [4.69, 9.17) is 4.42 Å². The van der Waals surface area contributed by atoms with Gasteiger partial charge in [0.1, 0.15) is 11.5 Å². The van der Waals surface area contributed by atoms with Crippen LogP contribution in [0.3, 0.4) is 0 Å². The van der Waals surface area contributed by atoms with Crippen LogP contribution in [0.2, 0.25) is 0 Å². The van der Waals surface area contributed by atoms with Crippen molar-refractivity contribution < 1.29 is 4.42 Å². The lowest BCUT2D eigenvalue weighted by molar-refractivity contribution is 0.571. The first-order valence-corrected chi connectivity index (χ1v) is 22.4. The van der Waals surface area contributed by atoms with Crippen LogP contribution in [0, 0.1) is 6.92 Å². The third-order valence-corrected chi connectivity index (χ3v) is 12.6. The number of para-hydroxylation sites is 1. The molecule has 8 aromatic rings. The normalized spacial score (nSPS) is 12.7. The van der Waals surface area contributed by atoms with Gasteiger partial charge in [0.25, 0.3) is 0 Å². The van der Waals surface area contributed by atoms with Gasteiger partial charge in [0.15, 0.2) is 0 Å². The molecule has 64 heavy (non-hydrogen) atoms. The van der Waals surface area contributed by atoms with Gasteiger partial charge >= 0.3 is 0 Å². The van der Waals surface area contributed by atoms with E-state index >= 15 is 0 Å². The third-order valence-electron chi connectivity index (χ3n) is 12.6. The van der Waals surface area contributed by atoms with Crippen LogP contribution in [0.5, 0.6) is 0 Å². The molecular formula is C61H58N2O. The Labute approximate surface area is 381 Å². The first kappa shape index (κ1) is 43.3. The fourth-order valence-corrected chi connectivity index (χ4v) is 9.07. The molecule has 1 aliphatic rings. The first-order valence-electron chi connectivity index (χ1n) is 22.4. The Hall–Kier alpha value is -7.36. The summed E-state index contributed by atoms with van der Waals surface area (Å²) >= 11 is 0. The maximum Gasteiger partial charge on any atom is 0.135 e. The van der Waals surface area contributed by atoms with Crippen LogP contribution in [0.15, 0.2) is 205 Å². The number of rotatable bonds is 11. The predicted octanol–water partition coefficient (Wildman–Crippen LogP) is 17.3. The van der Waals surface area contributed by atoms with E-state index in [1.54, 1.807) is 6.08 Å². The summed E-state index contributed by atoms with van der Waals surface area (Å²) in [7, 11) is 2.18. The molecule has 9 rings (SSSR count). The Morgan fingerprint density at radius 2 is 1.25 bits per heavy atom. The van der Waals surface area contributed by atoms with Crippen LogP contribution in [0.1, 0.15) is 74.6 Å². The number of hydrogen-bond donors (Lipinski definition) is 0. The summed E-state index contributed by atoms with van der Waals surface area (Å²) in [5, 5.41) is 0. The molecule has 0 aliphatic heterocycles. The number of aryl methyl sites for hydroxylation is 1. The minimum atomic E-state index is -0.120. The quantitative estimate of drug-likeness (QED) is 0.129. The summed E-state index contributed by atoms with van der Waals surface area (Å²) in [6, 6.07) is 65.2. The minimum Gasteiger partial charge on any atom is -0.456 e. The van der Waals surface area contributed by atoms with Gasteiger partial charge in [-0.25, -0.2) is 0 Å². The molecule has 0 atom stereocenters. The van der Waals surface area contributed by atoms with E-state index in [-0.39, 0.29) is 5.41 Å². The SMILES string of the molecule is C=Cc1oc(-c2ccc(N(c3cccc(-c4ccc(/C(=C(/C)CC)N(C)c5ccccc5C)cc4)c3)c3ccc4c(c3)C(C)(C)c3ccccc3-4)cc2)cc1/C=C\C.c1ccccc1. The zero-order chi connectivity index (χ0) is 44.8. The molecule has 0 N–H and O–H groups in total. The molecule has 3 heteroatoms. The molecule has 0 unspecified atom stereocenters. The molecule has 1 heterocycles. The minimum absolute atomic E-state index is 0.120. The molecule has 0 bridgehead atoms. The van der Waals surface area contributed by atoms with Crippen LogP contribution < -0.4 is 9.80 Å². The van der Waals surface area contributed by atoms with Crippen molar-refractivity contribution in [1.29, 1.82) is 0 Å². The highest BCUT2D eigenvalue weighted by atomic mass is 16.3. The lowest BCUT2D eigenvalue weighted by Crippen LogP contribution is -2.18. The van der Waals surface area contributed by atoms with Gasteiger partial charge in [-0.05, 0) is 144 Å². The van der Waals surface area contributed by atoms with Gasteiger partial charge in [-0.2, -0.15) is 0 Å². The van der Waals surface area contributed by atoms with Crippen molar-refractivity contribution in [3.05, 3.63) is 234 Å². The number of furan rings is 1. The van der Waals surface area contributed by atoms with Gasteiger partial charge in [0, 0.05) is 52.0 Å². The second-order valence-electron chi connectivity index (χ2n) is 17.0. The highest BCUT2D eigenvalue weighted by molar-refractivity contribution is 5.88. The second-order valence-corrected chi connectivity index (χ2v) is 17.0. The van der Waals surface area contributed by atoms with E-state index in [1.165, 1.54) is 55.9 Å². The summed E-state index contributed by atoms with van der Waals surface area (Å²) in [5.41, 5.74) is 19.2. The fraction of sp³-hybridized carbons (Fsp3) is 0.148. The van der Waals surface area contributed by atoms with Crippen molar-refractivity contribution >= 4 is 40.6 Å². The van der Waals surface area contributed by atoms with E-state index in [0.29, 0.717) is 0 Å². The van der Waals surface area contributed by atoms with E-state index in [9.17, 15) is 0 Å². The van der Waals surface area contributed by atoms with Crippen molar-refractivity contribution in [3.63, 3.8) is 0 Å². The van der Waals surface area contributed by atoms with Gasteiger partial charge in [-0.1, -0.05) is 161 Å². The molecule has 0 saturated heterocycles. The van der Waals surface area contributed by atoms with E-state index < -0.39 is 0 Å². The molecule has 7 aromatic carbocycles. The highest BCUT2D eigenvalue weighted by Gasteiger charge is 2.35. The summed E-state index contributed by atoms with van der Waals surface area (Å²) in [6.45, 7) is 17.3. The predicted molar refractivity (Wildman–Crippen MR) is 276 cm³/mol. The molecule has 1 aliphatic carbocycles. The van der Waals surface area contributed by atoms with Gasteiger partial charge < -0.3 is 14.2 Å². The monoisotopic (exact) mass is 834 g/mol. The van der Waals surface area contributed by atoms with Crippen molar-refractivity contribution in [2.45, 2.75) is 53.4 Å². The maximum absolute atomic E-state index is 6.24. The molecule has 0 spiro atoms. The van der Waals surface area contributed by atoms with Crippen LogP contribution in [-0.4, -0.2) is 7.05 Å². The van der Waals surface area contributed by atoms with Crippen molar-refractivity contribution in [2.75, 3.05) is 16.8 Å². The highest BCUT2D eigenvalue weighted by Crippen LogP contribution is 2.51. The maximum atomic E-state index is 6.24. The smallest absolute Gasteiger partial charge is 0.135 e. The zero-order valence-electron chi connectivity index (χ0n) is 38.3. The first-order chi connectivity index (χ1) is 31.1. The number of anilines is 4. The van der Waals surface area contributed by atoms with E-state index in [0.717, 1.165) is 51.7 Å². The van der Waals surface area contributed by atoms with Crippen LogP contribution in [0.4, 0.5) is 22.7 Å². The largest absolute Gasteiger partial charge is 0.456 e. The van der Waals surface area contributed by atoms with Crippen LogP contribution in [0.25, 0.3) is 51.4 Å². The summed E-state index contributed by atoms with van der Waals surface area (Å²) in [5.74, 6) is 1.59. The fourth-order valence-electron chi connectivity index (χ4n) is 9.07. The average molecular weight is 835 g/mol. The molecular weight excluding hydrogens is 777 g/mol. The van der Waals surface area contributed by atoms with Gasteiger partial charge in [-0.3, -0.25) is 0 Å². The topological polar surface area (TPSA) is 19.6 Å². The Morgan fingerprint density at radius 3 is 1.92 bits per heavy atom. The van der Waals surface area contributed by atoms with Gasteiger partial charge in [-0.15, -0.1) is 0 Å². The summed E-state index contributed by atoms with van der Waals surface area (Å²) in [4.78, 5) is 4.72. The Kier molecular flexibility index (Phi) is 12.8. The van der Waals surface area contributed by atoms with Gasteiger partial charge in [0.05, 0.1) is 0 Å². The molecule has 3 nitrogen and oxygen atoms in total. The lowest BCUT2D eigenvalue weighted by Gasteiger charge is -2.28. The van der Waals surface area contributed by atoms with E-state index in [2.05, 4.69) is 210 Å². The number of nitrogens with zero attached hydrogens (tertiary/aromatic N) is 2. The molecule has 1 aromatic heterocycles. The van der Waals surface area contributed by atoms with Crippen molar-refractivity contribution in [3.8, 4) is 33.6 Å². The second kappa shape index (κ2) is 18.9. The van der Waals surface area contributed by atoms with Gasteiger partial charge in [0.2, 0.25) is 0 Å². The number of hydrogen-bond acceptors (Lipinski definition) is 3. The standard InChI is InChI=1S/C55H52N2O.C6H6/c1-9-17-43-35-53(58-52(43)11-3)40-28-30-44(31-29-40)57(46-32-33-48-47-21-13-14-22-49(47)55(6,7)50(48)36-46)45-20-16-19-42(34-45)39-24-26-41(27-25-39)54(37(4)10-2)56(8)51-23-15-12-18-38(51)5;1-2-4-6-5-3-1/h9,11-36H,3,10H2,1-2,4-8H3;1-6H/b17-9-,54-37+;. The van der Waals surface area contributed by atoms with E-state index in [1.807, 2.05) is 49.4 Å². The molecule has 0 saturated carbocycles. The molecule has 0 fully saturated rings. The Morgan fingerprint density at radius 1 is 0.625 bits per heavy atom. The number of benzene rings is 7. The lowest BCUT2D eigenvalue weighted by atomic mass is 9.82. The average Bonchev–Trinajstić information content (AvgIpc) is 3.85. The number of allylic oxidation sites excluding steroid dienone is 2. The zero-order valence-corrected chi connectivity index (χ0v) is 38.3. The van der Waals surface area contributed by atoms with Crippen LogP contribution in [-0.2, 0) is 5.41 Å². The molecule has 0 radical (unpaired) electrons. The summed E-state index contributed by atoms with van der Waals surface area (Å²) in [6.07, 6.45) is 6.83. The summed E-state index contributed by atoms with van der Waals surface area (Å²) < 4.78 is 6.24. The molecule has 0 amide bonds.